The number of rotatable bonds is 5. The Morgan fingerprint density at radius 1 is 1.26 bits per heavy atom. The van der Waals surface area contributed by atoms with Crippen LogP contribution in [0.1, 0.15) is 31.2 Å². The largest absolute Gasteiger partial charge is 0.396 e. The molecule has 0 aliphatic carbocycles. The quantitative estimate of drug-likeness (QED) is 0.898. The number of hydrogen-bond acceptors (Lipinski definition) is 3. The summed E-state index contributed by atoms with van der Waals surface area (Å²) < 4.78 is 0. The van der Waals surface area contributed by atoms with Crippen LogP contribution in [0.25, 0.3) is 0 Å². The van der Waals surface area contributed by atoms with E-state index < -0.39 is 0 Å². The molecule has 0 spiro atoms. The normalized spacial score (nSPS) is 25.5. The third-order valence-electron chi connectivity index (χ3n) is 5.14. The van der Waals surface area contributed by atoms with Gasteiger partial charge in [-0.15, -0.1) is 0 Å². The highest BCUT2D eigenvalue weighted by molar-refractivity contribution is 6.31. The van der Waals surface area contributed by atoms with Gasteiger partial charge in [0.1, 0.15) is 0 Å². The van der Waals surface area contributed by atoms with Gasteiger partial charge in [-0.3, -0.25) is 9.69 Å². The molecule has 1 aromatic carbocycles. The minimum Gasteiger partial charge on any atom is -0.396 e. The Hall–Kier alpha value is -1.10. The molecule has 2 heterocycles. The molecular weight excluding hydrogens is 312 g/mol. The Morgan fingerprint density at radius 2 is 2.09 bits per heavy atom. The van der Waals surface area contributed by atoms with Gasteiger partial charge < -0.3 is 10.0 Å². The van der Waals surface area contributed by atoms with Crippen molar-refractivity contribution in [3.05, 3.63) is 34.9 Å². The first-order valence-electron chi connectivity index (χ1n) is 8.55. The van der Waals surface area contributed by atoms with Crippen LogP contribution in [0.4, 0.5) is 0 Å². The fourth-order valence-electron chi connectivity index (χ4n) is 3.97. The lowest BCUT2D eigenvalue weighted by Crippen LogP contribution is -2.56. The SMILES string of the molecule is O=C1CC[C@@H]2CN(Cc3ccccc3Cl)CC[C@@H]2N1CCCO. The number of halogens is 1. The van der Waals surface area contributed by atoms with Crippen LogP contribution in [-0.2, 0) is 11.3 Å². The van der Waals surface area contributed by atoms with Gasteiger partial charge in [0.25, 0.3) is 0 Å². The summed E-state index contributed by atoms with van der Waals surface area (Å²) in [5.41, 5.74) is 1.18. The second-order valence-electron chi connectivity index (χ2n) is 6.65. The fourth-order valence-corrected chi connectivity index (χ4v) is 4.16. The van der Waals surface area contributed by atoms with Gasteiger partial charge in [-0.1, -0.05) is 29.8 Å². The monoisotopic (exact) mass is 336 g/mol. The van der Waals surface area contributed by atoms with Crippen molar-refractivity contribution >= 4 is 17.5 Å². The lowest BCUT2D eigenvalue weighted by molar-refractivity contribution is -0.141. The molecule has 5 heteroatoms. The Bertz CT molecular complexity index is 552. The van der Waals surface area contributed by atoms with Crippen molar-refractivity contribution in [2.45, 2.75) is 38.3 Å². The molecular formula is C18H25ClN2O2. The predicted octanol–water partition coefficient (Wildman–Crippen LogP) is 2.54. The lowest BCUT2D eigenvalue weighted by Gasteiger charge is -2.47. The summed E-state index contributed by atoms with van der Waals surface area (Å²) in [4.78, 5) is 16.7. The molecule has 23 heavy (non-hydrogen) atoms. The Labute approximate surface area is 143 Å². The highest BCUT2D eigenvalue weighted by Gasteiger charge is 2.38. The van der Waals surface area contributed by atoms with Gasteiger partial charge in [0.15, 0.2) is 0 Å². The number of fused-ring (bicyclic) bond motifs is 1. The summed E-state index contributed by atoms with van der Waals surface area (Å²) >= 11 is 6.28. The number of piperidine rings is 2. The van der Waals surface area contributed by atoms with Crippen LogP contribution >= 0.6 is 11.6 Å². The fraction of sp³-hybridized carbons (Fsp3) is 0.611. The van der Waals surface area contributed by atoms with E-state index in [1.165, 1.54) is 5.56 Å². The molecule has 2 atom stereocenters. The van der Waals surface area contributed by atoms with E-state index in [4.69, 9.17) is 16.7 Å². The van der Waals surface area contributed by atoms with Crippen molar-refractivity contribution in [2.75, 3.05) is 26.2 Å². The maximum absolute atomic E-state index is 12.2. The van der Waals surface area contributed by atoms with Crippen molar-refractivity contribution in [1.29, 1.82) is 0 Å². The van der Waals surface area contributed by atoms with Gasteiger partial charge in [0.2, 0.25) is 5.91 Å². The molecule has 1 aromatic rings. The van der Waals surface area contributed by atoms with Gasteiger partial charge in [0, 0.05) is 50.3 Å². The van der Waals surface area contributed by atoms with E-state index >= 15 is 0 Å². The minimum atomic E-state index is 0.153. The Balaban J connectivity index is 1.62. The van der Waals surface area contributed by atoms with E-state index in [1.807, 2.05) is 23.1 Å². The number of carbonyl (C=O) groups is 1. The summed E-state index contributed by atoms with van der Waals surface area (Å²) in [5, 5.41) is 9.88. The number of hydrogen-bond donors (Lipinski definition) is 1. The summed E-state index contributed by atoms with van der Waals surface area (Å²) in [6.45, 7) is 3.75. The predicted molar refractivity (Wildman–Crippen MR) is 91.3 cm³/mol. The number of benzene rings is 1. The van der Waals surface area contributed by atoms with Crippen molar-refractivity contribution in [3.63, 3.8) is 0 Å². The summed E-state index contributed by atoms with van der Waals surface area (Å²) in [6, 6.07) is 8.38. The smallest absolute Gasteiger partial charge is 0.222 e. The molecule has 0 aromatic heterocycles. The average molecular weight is 337 g/mol. The van der Waals surface area contributed by atoms with Crippen LogP contribution in [-0.4, -0.2) is 53.1 Å². The van der Waals surface area contributed by atoms with Crippen LogP contribution in [0.3, 0.4) is 0 Å². The van der Waals surface area contributed by atoms with E-state index in [9.17, 15) is 4.79 Å². The highest BCUT2D eigenvalue weighted by atomic mass is 35.5. The zero-order valence-electron chi connectivity index (χ0n) is 13.5. The van der Waals surface area contributed by atoms with E-state index in [-0.39, 0.29) is 12.5 Å². The number of carbonyl (C=O) groups excluding carboxylic acids is 1. The van der Waals surface area contributed by atoms with E-state index in [0.29, 0.717) is 31.3 Å². The number of aliphatic hydroxyl groups excluding tert-OH is 1. The standard InChI is InChI=1S/C18H25ClN2O2/c19-16-5-2-1-4-14(16)12-20-10-8-17-15(13-20)6-7-18(23)21(17)9-3-11-22/h1-2,4-5,15,17,22H,3,6-13H2/t15-,17+/m1/s1. The molecule has 0 bridgehead atoms. The maximum atomic E-state index is 12.2. The molecule has 4 nitrogen and oxygen atoms in total. The second kappa shape index (κ2) is 7.65. The van der Waals surface area contributed by atoms with E-state index in [0.717, 1.165) is 37.5 Å². The summed E-state index contributed by atoms with van der Waals surface area (Å²) in [6.07, 6.45) is 3.33. The van der Waals surface area contributed by atoms with Crippen molar-refractivity contribution in [1.82, 2.24) is 9.80 Å². The Morgan fingerprint density at radius 3 is 2.87 bits per heavy atom. The first kappa shape index (κ1) is 16.7. The molecule has 0 saturated carbocycles. The lowest BCUT2D eigenvalue weighted by atomic mass is 9.83. The Kier molecular flexibility index (Phi) is 5.57. The van der Waals surface area contributed by atoms with Crippen LogP contribution in [0.5, 0.6) is 0 Å². The highest BCUT2D eigenvalue weighted by Crippen LogP contribution is 2.32. The van der Waals surface area contributed by atoms with E-state index in [1.54, 1.807) is 0 Å². The molecule has 1 N–H and O–H groups in total. The number of likely N-dealkylation sites (tertiary alicyclic amines) is 2. The molecule has 126 valence electrons. The molecule has 2 aliphatic heterocycles. The second-order valence-corrected chi connectivity index (χ2v) is 7.05. The molecule has 0 unspecified atom stereocenters. The first-order valence-corrected chi connectivity index (χ1v) is 8.93. The van der Waals surface area contributed by atoms with Crippen molar-refractivity contribution in [3.8, 4) is 0 Å². The molecule has 2 aliphatic rings. The van der Waals surface area contributed by atoms with Crippen molar-refractivity contribution in [2.24, 2.45) is 5.92 Å². The zero-order valence-corrected chi connectivity index (χ0v) is 14.2. The van der Waals surface area contributed by atoms with Crippen LogP contribution in [0.2, 0.25) is 5.02 Å². The molecule has 1 amide bonds. The molecule has 0 radical (unpaired) electrons. The zero-order chi connectivity index (χ0) is 16.2. The van der Waals surface area contributed by atoms with Crippen LogP contribution < -0.4 is 0 Å². The van der Waals surface area contributed by atoms with Crippen molar-refractivity contribution < 1.29 is 9.90 Å². The molecule has 2 fully saturated rings. The topological polar surface area (TPSA) is 43.8 Å². The molecule has 2 saturated heterocycles. The first-order chi connectivity index (χ1) is 11.2. The summed E-state index contributed by atoms with van der Waals surface area (Å²) in [7, 11) is 0. The van der Waals surface area contributed by atoms with Crippen LogP contribution in [0, 0.1) is 5.92 Å². The third-order valence-corrected chi connectivity index (χ3v) is 5.51. The number of nitrogens with zero attached hydrogens (tertiary/aromatic N) is 2. The third kappa shape index (κ3) is 3.87. The van der Waals surface area contributed by atoms with Crippen LogP contribution in [0.15, 0.2) is 24.3 Å². The number of amides is 1. The number of aliphatic hydroxyl groups is 1. The van der Waals surface area contributed by atoms with Gasteiger partial charge >= 0.3 is 0 Å². The minimum absolute atomic E-state index is 0.153. The van der Waals surface area contributed by atoms with Gasteiger partial charge in [-0.05, 0) is 36.8 Å². The van der Waals surface area contributed by atoms with Gasteiger partial charge in [0.05, 0.1) is 0 Å². The van der Waals surface area contributed by atoms with Gasteiger partial charge in [-0.2, -0.15) is 0 Å². The average Bonchev–Trinajstić information content (AvgIpc) is 2.56. The van der Waals surface area contributed by atoms with Gasteiger partial charge in [-0.25, -0.2) is 0 Å². The summed E-state index contributed by atoms with van der Waals surface area (Å²) in [5.74, 6) is 0.807. The maximum Gasteiger partial charge on any atom is 0.222 e. The molecule has 3 rings (SSSR count). The van der Waals surface area contributed by atoms with E-state index in [2.05, 4.69) is 11.0 Å².